The van der Waals surface area contributed by atoms with Crippen LogP contribution in [0.5, 0.6) is 0 Å². The minimum Gasteiger partial charge on any atom is -0.394 e. The molecule has 2 atom stereocenters. The summed E-state index contributed by atoms with van der Waals surface area (Å²) in [6.45, 7) is -0.180. The van der Waals surface area contributed by atoms with Crippen molar-refractivity contribution in [1.82, 2.24) is 4.90 Å². The zero-order chi connectivity index (χ0) is 13.8. The number of rotatable bonds is 4. The number of amides is 1. The molecule has 0 saturated carbocycles. The number of ether oxygens (including phenoxy) is 2. The van der Waals surface area contributed by atoms with Crippen LogP contribution in [0.3, 0.4) is 0 Å². The summed E-state index contributed by atoms with van der Waals surface area (Å²) < 4.78 is 45.0. The van der Waals surface area contributed by atoms with Gasteiger partial charge in [-0.2, -0.15) is 13.2 Å². The maximum atomic E-state index is 11.8. The van der Waals surface area contributed by atoms with E-state index in [-0.39, 0.29) is 25.8 Å². The SMILES string of the molecule is CC1COC(CO)CN1C(=O)COCC(F)(F)F. The molecule has 2 unspecified atom stereocenters. The standard InChI is InChI=1S/C10H16F3NO4/c1-7-4-18-8(3-15)2-14(7)9(16)5-17-6-10(11,12)13/h7-8,15H,2-6H2,1H3. The normalized spacial score (nSPS) is 25.3. The predicted octanol–water partition coefficient (Wildman–Crippen LogP) is 0.173. The number of aliphatic hydroxyl groups excluding tert-OH is 1. The van der Waals surface area contributed by atoms with Crippen LogP contribution in [0.15, 0.2) is 0 Å². The van der Waals surface area contributed by atoms with Crippen LogP contribution >= 0.6 is 0 Å². The van der Waals surface area contributed by atoms with Gasteiger partial charge in [-0.25, -0.2) is 0 Å². The quantitative estimate of drug-likeness (QED) is 0.792. The fraction of sp³-hybridized carbons (Fsp3) is 0.900. The zero-order valence-corrected chi connectivity index (χ0v) is 9.94. The highest BCUT2D eigenvalue weighted by molar-refractivity contribution is 5.77. The van der Waals surface area contributed by atoms with Crippen molar-refractivity contribution < 1.29 is 32.5 Å². The summed E-state index contributed by atoms with van der Waals surface area (Å²) in [5.41, 5.74) is 0. The van der Waals surface area contributed by atoms with Crippen LogP contribution in [0, 0.1) is 0 Å². The van der Waals surface area contributed by atoms with E-state index in [0.717, 1.165) is 0 Å². The van der Waals surface area contributed by atoms with Crippen molar-refractivity contribution in [2.45, 2.75) is 25.2 Å². The second-order valence-electron chi connectivity index (χ2n) is 4.14. The maximum absolute atomic E-state index is 11.8. The van der Waals surface area contributed by atoms with Gasteiger partial charge >= 0.3 is 6.18 Å². The van der Waals surface area contributed by atoms with Crippen molar-refractivity contribution in [2.24, 2.45) is 0 Å². The number of hydrogen-bond acceptors (Lipinski definition) is 4. The third-order valence-electron chi connectivity index (χ3n) is 2.52. The topological polar surface area (TPSA) is 59.0 Å². The summed E-state index contributed by atoms with van der Waals surface area (Å²) in [6, 6.07) is -0.241. The van der Waals surface area contributed by atoms with Gasteiger partial charge in [-0.05, 0) is 6.92 Å². The summed E-state index contributed by atoms with van der Waals surface area (Å²) >= 11 is 0. The highest BCUT2D eigenvalue weighted by atomic mass is 19.4. The minimum atomic E-state index is -4.44. The number of halogens is 3. The molecule has 0 aromatic carbocycles. The first-order valence-corrected chi connectivity index (χ1v) is 5.50. The number of alkyl halides is 3. The Morgan fingerprint density at radius 1 is 1.56 bits per heavy atom. The largest absolute Gasteiger partial charge is 0.411 e. The number of morpholine rings is 1. The Morgan fingerprint density at radius 3 is 2.78 bits per heavy atom. The molecule has 106 valence electrons. The molecule has 0 bridgehead atoms. The average Bonchev–Trinajstić information content (AvgIpc) is 2.27. The van der Waals surface area contributed by atoms with Crippen LogP contribution in [0.2, 0.25) is 0 Å². The summed E-state index contributed by atoms with van der Waals surface area (Å²) in [5, 5.41) is 8.92. The average molecular weight is 271 g/mol. The third kappa shape index (κ3) is 4.79. The fourth-order valence-electron chi connectivity index (χ4n) is 1.61. The van der Waals surface area contributed by atoms with Crippen LogP contribution in [0.1, 0.15) is 6.92 Å². The lowest BCUT2D eigenvalue weighted by atomic mass is 10.2. The minimum absolute atomic E-state index is 0.159. The molecule has 1 heterocycles. The van der Waals surface area contributed by atoms with Crippen LogP contribution < -0.4 is 0 Å². The third-order valence-corrected chi connectivity index (χ3v) is 2.52. The molecule has 0 radical (unpaired) electrons. The molecule has 5 nitrogen and oxygen atoms in total. The van der Waals surface area contributed by atoms with E-state index in [1.807, 2.05) is 0 Å². The van der Waals surface area contributed by atoms with Gasteiger partial charge in [-0.3, -0.25) is 4.79 Å². The van der Waals surface area contributed by atoms with Gasteiger partial charge in [0.25, 0.3) is 0 Å². The van der Waals surface area contributed by atoms with Gasteiger partial charge < -0.3 is 19.5 Å². The van der Waals surface area contributed by atoms with Crippen molar-refractivity contribution in [3.8, 4) is 0 Å². The molecule has 1 rings (SSSR count). The van der Waals surface area contributed by atoms with Gasteiger partial charge in [-0.15, -0.1) is 0 Å². The highest BCUT2D eigenvalue weighted by Crippen LogP contribution is 2.15. The Morgan fingerprint density at radius 2 is 2.22 bits per heavy atom. The fourth-order valence-corrected chi connectivity index (χ4v) is 1.61. The number of nitrogens with zero attached hydrogens (tertiary/aromatic N) is 1. The van der Waals surface area contributed by atoms with Gasteiger partial charge in [-0.1, -0.05) is 0 Å². The maximum Gasteiger partial charge on any atom is 0.411 e. The molecule has 1 saturated heterocycles. The second kappa shape index (κ2) is 6.35. The number of hydrogen-bond donors (Lipinski definition) is 1. The van der Waals surface area contributed by atoms with E-state index in [0.29, 0.717) is 0 Å². The lowest BCUT2D eigenvalue weighted by molar-refractivity contribution is -0.180. The summed E-state index contributed by atoms with van der Waals surface area (Å²) in [4.78, 5) is 13.0. The van der Waals surface area contributed by atoms with Gasteiger partial charge in [0, 0.05) is 6.54 Å². The number of carbonyl (C=O) groups is 1. The molecule has 8 heteroatoms. The lowest BCUT2D eigenvalue weighted by Gasteiger charge is -2.37. The smallest absolute Gasteiger partial charge is 0.394 e. The molecule has 1 N–H and O–H groups in total. The molecular weight excluding hydrogens is 255 g/mol. The molecule has 1 aliphatic rings. The molecule has 1 aliphatic heterocycles. The van der Waals surface area contributed by atoms with Crippen molar-refractivity contribution >= 4 is 5.91 Å². The van der Waals surface area contributed by atoms with Crippen LogP contribution in [0.25, 0.3) is 0 Å². The zero-order valence-electron chi connectivity index (χ0n) is 9.94. The Kier molecular flexibility index (Phi) is 5.36. The monoisotopic (exact) mass is 271 g/mol. The predicted molar refractivity (Wildman–Crippen MR) is 54.9 cm³/mol. The van der Waals surface area contributed by atoms with Crippen LogP contribution in [-0.4, -0.2) is 67.2 Å². The highest BCUT2D eigenvalue weighted by Gasteiger charge is 2.31. The summed E-state index contributed by atoms with van der Waals surface area (Å²) in [7, 11) is 0. The Labute approximate surface area is 102 Å². The van der Waals surface area contributed by atoms with E-state index >= 15 is 0 Å². The molecule has 1 amide bonds. The van der Waals surface area contributed by atoms with E-state index in [1.165, 1.54) is 4.90 Å². The lowest BCUT2D eigenvalue weighted by Crippen LogP contribution is -2.53. The molecule has 1 fully saturated rings. The van der Waals surface area contributed by atoms with Crippen molar-refractivity contribution in [1.29, 1.82) is 0 Å². The molecule has 18 heavy (non-hydrogen) atoms. The molecular formula is C10H16F3NO4. The van der Waals surface area contributed by atoms with E-state index in [4.69, 9.17) is 9.84 Å². The Balaban J connectivity index is 2.39. The van der Waals surface area contributed by atoms with Crippen LogP contribution in [-0.2, 0) is 14.3 Å². The van der Waals surface area contributed by atoms with Gasteiger partial charge in [0.2, 0.25) is 5.91 Å². The van der Waals surface area contributed by atoms with Crippen molar-refractivity contribution in [2.75, 3.05) is 33.0 Å². The first kappa shape index (κ1) is 15.2. The second-order valence-corrected chi connectivity index (χ2v) is 4.14. The van der Waals surface area contributed by atoms with Crippen LogP contribution in [0.4, 0.5) is 13.2 Å². The summed E-state index contributed by atoms with van der Waals surface area (Å²) in [6.07, 6.45) is -4.93. The number of aliphatic hydroxyl groups is 1. The molecule has 0 aliphatic carbocycles. The molecule has 0 spiro atoms. The van der Waals surface area contributed by atoms with Gasteiger partial charge in [0.1, 0.15) is 13.2 Å². The first-order valence-electron chi connectivity index (χ1n) is 5.50. The van der Waals surface area contributed by atoms with E-state index in [9.17, 15) is 18.0 Å². The summed E-state index contributed by atoms with van der Waals surface area (Å²) in [5.74, 6) is -0.534. The first-order chi connectivity index (χ1) is 8.33. The van der Waals surface area contributed by atoms with E-state index in [1.54, 1.807) is 6.92 Å². The van der Waals surface area contributed by atoms with E-state index < -0.39 is 31.4 Å². The van der Waals surface area contributed by atoms with Gasteiger partial charge in [0.05, 0.1) is 25.4 Å². The molecule has 0 aromatic heterocycles. The Hall–Kier alpha value is -0.860. The van der Waals surface area contributed by atoms with Crippen molar-refractivity contribution in [3.05, 3.63) is 0 Å². The van der Waals surface area contributed by atoms with Crippen molar-refractivity contribution in [3.63, 3.8) is 0 Å². The van der Waals surface area contributed by atoms with E-state index in [2.05, 4.69) is 4.74 Å². The van der Waals surface area contributed by atoms with Gasteiger partial charge in [0.15, 0.2) is 0 Å². The molecule has 0 aromatic rings. The number of carbonyl (C=O) groups excluding carboxylic acids is 1. The Bertz CT molecular complexity index is 285.